The van der Waals surface area contributed by atoms with Crippen molar-refractivity contribution in [2.75, 3.05) is 19.0 Å². The van der Waals surface area contributed by atoms with E-state index in [2.05, 4.69) is 0 Å². The van der Waals surface area contributed by atoms with Crippen molar-refractivity contribution in [1.82, 2.24) is 4.90 Å². The van der Waals surface area contributed by atoms with Gasteiger partial charge in [-0.2, -0.15) is 0 Å². The largest absolute Gasteiger partial charge is 0.345 e. The lowest BCUT2D eigenvalue weighted by atomic mass is 9.81. The zero-order valence-electron chi connectivity index (χ0n) is 12.9. The van der Waals surface area contributed by atoms with E-state index >= 15 is 0 Å². The molecule has 1 saturated heterocycles. The fourth-order valence-corrected chi connectivity index (χ4v) is 3.43. The van der Waals surface area contributed by atoms with E-state index in [4.69, 9.17) is 0 Å². The third-order valence-electron chi connectivity index (χ3n) is 4.62. The highest BCUT2D eigenvalue weighted by molar-refractivity contribution is 6.22. The highest BCUT2D eigenvalue weighted by atomic mass is 16.2. The summed E-state index contributed by atoms with van der Waals surface area (Å²) >= 11 is 0. The van der Waals surface area contributed by atoms with Crippen LogP contribution in [0.15, 0.2) is 24.3 Å². The maximum Gasteiger partial charge on any atom is 0.253 e. The fourth-order valence-electron chi connectivity index (χ4n) is 3.43. The number of imide groups is 1. The molecule has 3 rings (SSSR count). The number of carbonyl (C=O) groups is 3. The molecule has 1 aliphatic carbocycles. The van der Waals surface area contributed by atoms with Gasteiger partial charge in [-0.15, -0.1) is 0 Å². The minimum absolute atomic E-state index is 0.0820. The highest BCUT2D eigenvalue weighted by Crippen LogP contribution is 2.40. The first-order valence-electron chi connectivity index (χ1n) is 7.70. The Kier molecular flexibility index (Phi) is 3.72. The molecule has 2 aliphatic rings. The van der Waals surface area contributed by atoms with E-state index in [0.29, 0.717) is 11.3 Å². The van der Waals surface area contributed by atoms with Crippen LogP contribution in [0.3, 0.4) is 0 Å². The Morgan fingerprint density at radius 3 is 1.95 bits per heavy atom. The van der Waals surface area contributed by atoms with Crippen LogP contribution in [0.1, 0.15) is 36.0 Å². The molecule has 5 heteroatoms. The first-order chi connectivity index (χ1) is 10.5. The van der Waals surface area contributed by atoms with Crippen LogP contribution < -0.4 is 4.90 Å². The van der Waals surface area contributed by atoms with Crippen LogP contribution in [0, 0.1) is 11.8 Å². The normalized spacial score (nSPS) is 24.4. The van der Waals surface area contributed by atoms with Gasteiger partial charge in [0.1, 0.15) is 0 Å². The predicted octanol–water partition coefficient (Wildman–Crippen LogP) is 2.07. The number of carbonyl (C=O) groups excluding carboxylic acids is 3. The second-order valence-electron chi connectivity index (χ2n) is 6.26. The molecule has 1 aromatic rings. The van der Waals surface area contributed by atoms with Gasteiger partial charge in [0.25, 0.3) is 5.91 Å². The van der Waals surface area contributed by atoms with Crippen LogP contribution in [0.4, 0.5) is 5.69 Å². The third kappa shape index (κ3) is 2.30. The van der Waals surface area contributed by atoms with Crippen molar-refractivity contribution < 1.29 is 14.4 Å². The molecule has 1 aliphatic heterocycles. The molecule has 1 aromatic carbocycles. The minimum Gasteiger partial charge on any atom is -0.345 e. The lowest BCUT2D eigenvalue weighted by Crippen LogP contribution is -2.31. The lowest BCUT2D eigenvalue weighted by molar-refractivity contribution is -0.122. The fraction of sp³-hybridized carbons (Fsp3) is 0.471. The van der Waals surface area contributed by atoms with Crippen molar-refractivity contribution in [3.05, 3.63) is 29.8 Å². The van der Waals surface area contributed by atoms with Gasteiger partial charge in [-0.05, 0) is 37.1 Å². The van der Waals surface area contributed by atoms with E-state index in [-0.39, 0.29) is 29.6 Å². The summed E-state index contributed by atoms with van der Waals surface area (Å²) in [6.45, 7) is 0. The topological polar surface area (TPSA) is 57.7 Å². The van der Waals surface area contributed by atoms with E-state index in [9.17, 15) is 14.4 Å². The van der Waals surface area contributed by atoms with Gasteiger partial charge in [0.15, 0.2) is 0 Å². The zero-order chi connectivity index (χ0) is 15.9. The van der Waals surface area contributed by atoms with Gasteiger partial charge in [0.05, 0.1) is 17.5 Å². The third-order valence-corrected chi connectivity index (χ3v) is 4.62. The smallest absolute Gasteiger partial charge is 0.253 e. The van der Waals surface area contributed by atoms with Gasteiger partial charge in [0.2, 0.25) is 11.8 Å². The molecule has 1 heterocycles. The summed E-state index contributed by atoms with van der Waals surface area (Å²) in [5, 5.41) is 0. The Morgan fingerprint density at radius 2 is 1.50 bits per heavy atom. The van der Waals surface area contributed by atoms with Crippen LogP contribution in [0.2, 0.25) is 0 Å². The number of nitrogens with zero attached hydrogens (tertiary/aromatic N) is 2. The first kappa shape index (κ1) is 14.8. The summed E-state index contributed by atoms with van der Waals surface area (Å²) in [6.07, 6.45) is 3.65. The van der Waals surface area contributed by atoms with E-state index in [0.717, 1.165) is 25.7 Å². The average Bonchev–Trinajstić information content (AvgIpc) is 2.79. The standard InChI is InChI=1S/C17H20N2O3/c1-18(2)15(20)11-7-9-12(10-8-11)19-16(21)13-5-3-4-6-14(13)17(19)22/h7-10,13-14H,3-6H2,1-2H3. The molecule has 5 nitrogen and oxygen atoms in total. The molecule has 0 N–H and O–H groups in total. The predicted molar refractivity (Wildman–Crippen MR) is 82.4 cm³/mol. The van der Waals surface area contributed by atoms with E-state index < -0.39 is 0 Å². The van der Waals surface area contributed by atoms with Crippen molar-refractivity contribution in [1.29, 1.82) is 0 Å². The Labute approximate surface area is 129 Å². The number of anilines is 1. The van der Waals surface area contributed by atoms with Gasteiger partial charge < -0.3 is 4.90 Å². The van der Waals surface area contributed by atoms with Crippen molar-refractivity contribution in [3.63, 3.8) is 0 Å². The Bertz CT molecular complexity index is 597. The summed E-state index contributed by atoms with van der Waals surface area (Å²) in [6, 6.07) is 6.70. The van der Waals surface area contributed by atoms with E-state index in [1.54, 1.807) is 38.4 Å². The molecular formula is C17H20N2O3. The minimum atomic E-state index is -0.149. The van der Waals surface area contributed by atoms with Gasteiger partial charge in [0, 0.05) is 19.7 Å². The Balaban J connectivity index is 1.86. The second kappa shape index (κ2) is 5.55. The number of hydrogen-bond acceptors (Lipinski definition) is 3. The maximum atomic E-state index is 12.5. The summed E-state index contributed by atoms with van der Waals surface area (Å²) in [7, 11) is 3.38. The van der Waals surface area contributed by atoms with Crippen LogP contribution in [-0.2, 0) is 9.59 Å². The summed E-state index contributed by atoms with van der Waals surface area (Å²) in [5.74, 6) is -0.560. The Hall–Kier alpha value is -2.17. The van der Waals surface area contributed by atoms with Gasteiger partial charge in [-0.3, -0.25) is 19.3 Å². The molecule has 1 saturated carbocycles. The molecule has 2 fully saturated rings. The van der Waals surface area contributed by atoms with E-state index in [1.165, 1.54) is 9.80 Å². The summed E-state index contributed by atoms with van der Waals surface area (Å²) in [4.78, 5) is 39.7. The van der Waals surface area contributed by atoms with Gasteiger partial charge in [-0.1, -0.05) is 12.8 Å². The maximum absolute atomic E-state index is 12.5. The molecule has 0 spiro atoms. The summed E-state index contributed by atoms with van der Waals surface area (Å²) in [5.41, 5.74) is 1.12. The number of rotatable bonds is 2. The SMILES string of the molecule is CN(C)C(=O)c1ccc(N2C(=O)C3CCCCC3C2=O)cc1. The van der Waals surface area contributed by atoms with Crippen LogP contribution in [0.25, 0.3) is 0 Å². The Morgan fingerprint density at radius 1 is 1.00 bits per heavy atom. The molecule has 116 valence electrons. The van der Waals surface area contributed by atoms with Crippen molar-refractivity contribution in [2.24, 2.45) is 11.8 Å². The molecular weight excluding hydrogens is 280 g/mol. The molecule has 3 amide bonds. The average molecular weight is 300 g/mol. The molecule has 2 atom stereocenters. The van der Waals surface area contributed by atoms with Crippen molar-refractivity contribution in [2.45, 2.75) is 25.7 Å². The monoisotopic (exact) mass is 300 g/mol. The quantitative estimate of drug-likeness (QED) is 0.786. The number of hydrogen-bond donors (Lipinski definition) is 0. The van der Waals surface area contributed by atoms with Gasteiger partial charge in [-0.25, -0.2) is 0 Å². The molecule has 0 radical (unpaired) electrons. The van der Waals surface area contributed by atoms with Crippen molar-refractivity contribution >= 4 is 23.4 Å². The van der Waals surface area contributed by atoms with E-state index in [1.807, 2.05) is 0 Å². The highest BCUT2D eigenvalue weighted by Gasteiger charge is 2.48. The van der Waals surface area contributed by atoms with Crippen LogP contribution in [0.5, 0.6) is 0 Å². The second-order valence-corrected chi connectivity index (χ2v) is 6.26. The zero-order valence-corrected chi connectivity index (χ0v) is 12.9. The van der Waals surface area contributed by atoms with Crippen LogP contribution >= 0.6 is 0 Å². The molecule has 22 heavy (non-hydrogen) atoms. The van der Waals surface area contributed by atoms with Gasteiger partial charge >= 0.3 is 0 Å². The summed E-state index contributed by atoms with van der Waals surface area (Å²) < 4.78 is 0. The molecule has 2 unspecified atom stereocenters. The lowest BCUT2D eigenvalue weighted by Gasteiger charge is -2.19. The number of amides is 3. The number of benzene rings is 1. The van der Waals surface area contributed by atoms with Crippen LogP contribution in [-0.4, -0.2) is 36.7 Å². The molecule has 0 aromatic heterocycles. The first-order valence-corrected chi connectivity index (χ1v) is 7.70. The number of fused-ring (bicyclic) bond motifs is 1. The molecule has 0 bridgehead atoms. The van der Waals surface area contributed by atoms with Crippen molar-refractivity contribution in [3.8, 4) is 0 Å².